The molecule has 2 amide bonds. The number of hydrogen-bond donors (Lipinski definition) is 1. The van der Waals surface area contributed by atoms with Crippen molar-refractivity contribution in [1.82, 2.24) is 25.1 Å². The lowest BCUT2D eigenvalue weighted by atomic mass is 10.1. The second kappa shape index (κ2) is 24.4. The van der Waals surface area contributed by atoms with Gasteiger partial charge < -0.3 is 39.3 Å². The van der Waals surface area contributed by atoms with Crippen LogP contribution in [0.5, 0.6) is 0 Å². The number of nitrogens with zero attached hydrogens (tertiary/aromatic N) is 9. The summed E-state index contributed by atoms with van der Waals surface area (Å²) in [7, 11) is 4.05. The lowest BCUT2D eigenvalue weighted by Crippen LogP contribution is -2.50. The number of rotatable bonds is 7. The molecule has 77 heavy (non-hydrogen) atoms. The number of aryl methyl sites for hydroxylation is 2. The van der Waals surface area contributed by atoms with Crippen molar-refractivity contribution in [1.29, 1.82) is 10.5 Å². The average molecular weight is 1150 g/mol. The predicted octanol–water partition coefficient (Wildman–Crippen LogP) is 12.5. The van der Waals surface area contributed by atoms with Gasteiger partial charge in [0.2, 0.25) is 0 Å². The molecule has 14 nitrogen and oxygen atoms in total. The number of carbonyl (C=O) groups is 2. The number of thiazole rings is 2. The topological polar surface area (TPSA) is 154 Å². The van der Waals surface area contributed by atoms with Gasteiger partial charge in [-0.3, -0.25) is 0 Å². The predicted molar refractivity (Wildman–Crippen MR) is 305 cm³/mol. The standard InChI is InChI=1S/C29H32FN5O2S.C20H15BrFN3S.C9H18N2O2/c1-29(2,3)37-28(36)35-15-13-34(14-16-35)22-11-7-19-8-12-24(23(19)17-22)33(4)27-32-26(25(18-31)38-27)20-5-9-21(30)10-6-20;1-25(17-9-5-12-2-6-14(21)10-16(12)17)20-24-19(18(11-23)26-20)13-3-7-15(22)8-4-13;1-9(2,3)13-8(12)11-6-4-10-5-7-11/h5-7,9-11,17,24H,8,12-16H2,1-4H3;2-4,6-8,10,17H,5,9H2,1H3;10H,4-7H2,1-3H3. The number of aromatic nitrogens is 2. The molecule has 2 fully saturated rings. The summed E-state index contributed by atoms with van der Waals surface area (Å²) in [6, 6.07) is 30.2. The Bertz CT molecular complexity index is 3130. The highest BCUT2D eigenvalue weighted by molar-refractivity contribution is 9.10. The van der Waals surface area contributed by atoms with Crippen molar-refractivity contribution in [3.8, 4) is 34.7 Å². The Hall–Kier alpha value is -6.64. The third-order valence-electron chi connectivity index (χ3n) is 13.6. The van der Waals surface area contributed by atoms with E-state index in [1.807, 2.05) is 55.6 Å². The second-order valence-electron chi connectivity index (χ2n) is 21.3. The number of fused-ring (bicyclic) bond motifs is 2. The first-order valence-electron chi connectivity index (χ1n) is 25.8. The second-order valence-corrected chi connectivity index (χ2v) is 24.2. The molecule has 404 valence electrons. The van der Waals surface area contributed by atoms with Crippen molar-refractivity contribution in [3.63, 3.8) is 0 Å². The molecule has 2 aliphatic carbocycles. The van der Waals surface area contributed by atoms with Crippen molar-refractivity contribution in [2.45, 2.75) is 90.5 Å². The van der Waals surface area contributed by atoms with Gasteiger partial charge in [-0.1, -0.05) is 50.7 Å². The van der Waals surface area contributed by atoms with Gasteiger partial charge >= 0.3 is 12.2 Å². The summed E-state index contributed by atoms with van der Waals surface area (Å²) in [5.41, 5.74) is 8.23. The minimum absolute atomic E-state index is 0.145. The molecule has 19 heteroatoms. The fourth-order valence-corrected chi connectivity index (χ4v) is 11.9. The normalized spacial score (nSPS) is 16.9. The van der Waals surface area contributed by atoms with Crippen molar-refractivity contribution < 1.29 is 27.8 Å². The molecular formula is C58H65BrF2N10O4S2. The molecule has 1 N–H and O–H groups in total. The number of carbonyl (C=O) groups excluding carboxylic acids is 2. The van der Waals surface area contributed by atoms with Crippen molar-refractivity contribution in [3.05, 3.63) is 133 Å². The van der Waals surface area contributed by atoms with Crippen LogP contribution in [0.3, 0.4) is 0 Å². The van der Waals surface area contributed by atoms with Gasteiger partial charge in [-0.05, 0) is 162 Å². The van der Waals surface area contributed by atoms with E-state index in [-0.39, 0.29) is 41.5 Å². The van der Waals surface area contributed by atoms with Gasteiger partial charge in [-0.15, -0.1) is 0 Å². The van der Waals surface area contributed by atoms with E-state index < -0.39 is 5.60 Å². The van der Waals surface area contributed by atoms with Crippen LogP contribution in [0.4, 0.5) is 34.3 Å². The zero-order chi connectivity index (χ0) is 55.2. The van der Waals surface area contributed by atoms with Crippen LogP contribution in [-0.4, -0.2) is 110 Å². The number of nitriles is 2. The van der Waals surface area contributed by atoms with Crippen LogP contribution in [0.15, 0.2) is 89.4 Å². The number of ether oxygens (including phenoxy) is 2. The minimum Gasteiger partial charge on any atom is -0.444 e. The lowest BCUT2D eigenvalue weighted by Gasteiger charge is -2.37. The molecule has 2 aromatic heterocycles. The molecule has 2 atom stereocenters. The van der Waals surface area contributed by atoms with Crippen LogP contribution in [-0.2, 0) is 22.3 Å². The molecule has 2 saturated heterocycles. The zero-order valence-corrected chi connectivity index (χ0v) is 48.1. The summed E-state index contributed by atoms with van der Waals surface area (Å²) in [6.45, 7) is 17.3. The molecule has 2 unspecified atom stereocenters. The molecule has 10 rings (SSSR count). The Morgan fingerprint density at radius 1 is 0.649 bits per heavy atom. The van der Waals surface area contributed by atoms with Crippen LogP contribution in [0.1, 0.15) is 98.5 Å². The molecule has 0 spiro atoms. The van der Waals surface area contributed by atoms with E-state index in [1.54, 1.807) is 34.1 Å². The van der Waals surface area contributed by atoms with Crippen LogP contribution < -0.4 is 20.0 Å². The molecule has 6 aromatic rings. The van der Waals surface area contributed by atoms with E-state index >= 15 is 0 Å². The summed E-state index contributed by atoms with van der Waals surface area (Å²) in [4.78, 5) is 44.7. The number of nitrogens with one attached hydrogen (secondary N) is 1. The maximum Gasteiger partial charge on any atom is 0.410 e. The Morgan fingerprint density at radius 2 is 1.08 bits per heavy atom. The van der Waals surface area contributed by atoms with Crippen LogP contribution >= 0.6 is 38.6 Å². The summed E-state index contributed by atoms with van der Waals surface area (Å²) >= 11 is 6.30. The van der Waals surface area contributed by atoms with Gasteiger partial charge in [0.1, 0.15) is 56.1 Å². The quantitative estimate of drug-likeness (QED) is 0.162. The molecule has 0 bridgehead atoms. The van der Waals surface area contributed by atoms with Gasteiger partial charge in [-0.25, -0.2) is 28.3 Å². The van der Waals surface area contributed by atoms with Gasteiger partial charge in [0.15, 0.2) is 10.3 Å². The van der Waals surface area contributed by atoms with E-state index in [2.05, 4.69) is 84.5 Å². The summed E-state index contributed by atoms with van der Waals surface area (Å²) < 4.78 is 38.5. The number of anilines is 3. The first-order chi connectivity index (χ1) is 36.7. The van der Waals surface area contributed by atoms with Crippen molar-refractivity contribution in [2.24, 2.45) is 0 Å². The number of hydrogen-bond acceptors (Lipinski definition) is 14. The van der Waals surface area contributed by atoms with Crippen LogP contribution in [0, 0.1) is 34.3 Å². The lowest BCUT2D eigenvalue weighted by molar-refractivity contribution is 0.0223. The smallest absolute Gasteiger partial charge is 0.410 e. The average Bonchev–Trinajstić information content (AvgIpc) is 4.31. The van der Waals surface area contributed by atoms with Crippen LogP contribution in [0.2, 0.25) is 0 Å². The number of halogens is 3. The third-order valence-corrected chi connectivity index (χ3v) is 16.2. The molecule has 0 radical (unpaired) electrons. The molecule has 0 saturated carbocycles. The molecule has 4 heterocycles. The molecule has 4 aliphatic rings. The first kappa shape index (κ1) is 56.6. The van der Waals surface area contributed by atoms with Gasteiger partial charge in [-0.2, -0.15) is 10.5 Å². The van der Waals surface area contributed by atoms with Gasteiger partial charge in [0.05, 0.1) is 12.1 Å². The van der Waals surface area contributed by atoms with E-state index in [9.17, 15) is 28.9 Å². The van der Waals surface area contributed by atoms with E-state index in [0.29, 0.717) is 34.2 Å². The Labute approximate surface area is 467 Å². The van der Waals surface area contributed by atoms with E-state index in [4.69, 9.17) is 19.4 Å². The monoisotopic (exact) mass is 1150 g/mol. The summed E-state index contributed by atoms with van der Waals surface area (Å²) in [5.74, 6) is -0.614. The Morgan fingerprint density at radius 3 is 1.52 bits per heavy atom. The summed E-state index contributed by atoms with van der Waals surface area (Å²) in [5, 5.41) is 24.0. The highest BCUT2D eigenvalue weighted by Gasteiger charge is 2.32. The zero-order valence-electron chi connectivity index (χ0n) is 44.8. The highest BCUT2D eigenvalue weighted by atomic mass is 79.9. The van der Waals surface area contributed by atoms with Gasteiger partial charge in [0, 0.05) is 87.7 Å². The molecule has 2 aliphatic heterocycles. The third kappa shape index (κ3) is 14.1. The molecular weight excluding hydrogens is 1080 g/mol. The first-order valence-corrected chi connectivity index (χ1v) is 28.2. The number of benzene rings is 4. The van der Waals surface area contributed by atoms with Gasteiger partial charge in [0.25, 0.3) is 0 Å². The maximum absolute atomic E-state index is 13.4. The van der Waals surface area contributed by atoms with Crippen LogP contribution in [0.25, 0.3) is 22.5 Å². The fourth-order valence-electron chi connectivity index (χ4n) is 9.71. The largest absolute Gasteiger partial charge is 0.444 e. The Balaban J connectivity index is 0.000000173. The Kier molecular flexibility index (Phi) is 17.9. The molecule has 4 aromatic carbocycles. The maximum atomic E-state index is 13.4. The highest BCUT2D eigenvalue weighted by Crippen LogP contribution is 2.44. The minimum atomic E-state index is -0.500. The fraction of sp³-hybridized carbons (Fsp3) is 0.414. The van der Waals surface area contributed by atoms with E-state index in [0.717, 1.165) is 96.5 Å². The van der Waals surface area contributed by atoms with Crippen molar-refractivity contribution in [2.75, 3.05) is 81.2 Å². The number of piperazine rings is 2. The van der Waals surface area contributed by atoms with E-state index in [1.165, 1.54) is 69.2 Å². The number of amides is 2. The summed E-state index contributed by atoms with van der Waals surface area (Å²) in [6.07, 6.45) is 3.56. The van der Waals surface area contributed by atoms with Crippen molar-refractivity contribution >= 4 is 66.7 Å². The SMILES string of the molecule is CC(C)(C)OC(=O)N1CCNCC1.CN(c1nc(-c2ccc(F)cc2)c(C#N)s1)C1CCc2ccc(Br)cc21.CN(c1nc(-c2ccc(F)cc2)c(C#N)s1)C1CCc2ccc(N3CCN(C(=O)OC(C)(C)C)CC3)cc21.